The van der Waals surface area contributed by atoms with Crippen LogP contribution in [-0.4, -0.2) is 17.0 Å². The van der Waals surface area contributed by atoms with E-state index in [0.717, 1.165) is 38.5 Å². The number of para-hydroxylation sites is 1. The molecule has 0 aliphatic carbocycles. The van der Waals surface area contributed by atoms with Gasteiger partial charge in [0.2, 0.25) is 0 Å². The number of hydrogen-bond acceptors (Lipinski definition) is 5. The third kappa shape index (κ3) is 4.21. The molecule has 0 radical (unpaired) electrons. The summed E-state index contributed by atoms with van der Waals surface area (Å²) in [6.07, 6.45) is 2.79. The molecule has 2 N–H and O–H groups in total. The highest BCUT2D eigenvalue weighted by atomic mass is 35.5. The van der Waals surface area contributed by atoms with Crippen LogP contribution in [0.4, 0.5) is 0 Å². The predicted molar refractivity (Wildman–Crippen MR) is 158 cm³/mol. The minimum Gasteiger partial charge on any atom is -0.456 e. The van der Waals surface area contributed by atoms with Crippen molar-refractivity contribution < 1.29 is 8.83 Å². The van der Waals surface area contributed by atoms with Gasteiger partial charge in [0.15, 0.2) is 11.7 Å². The van der Waals surface area contributed by atoms with Gasteiger partial charge in [-0.15, -0.1) is 0 Å². The fraction of sp³-hybridized carbons (Fsp3) is 0.0312. The van der Waals surface area contributed by atoms with Gasteiger partial charge >= 0.3 is 0 Å². The molecule has 0 aliphatic rings. The van der Waals surface area contributed by atoms with Crippen LogP contribution in [0.2, 0.25) is 5.02 Å². The van der Waals surface area contributed by atoms with Crippen LogP contribution in [0.25, 0.3) is 44.0 Å². The number of nitrogens with zero attached hydrogens (tertiary/aromatic N) is 3. The SMILES string of the molecule is NC(=NC(N=Cc1ccccc1)c1ccc2c(c1)oc1ccccc12)c1cccc2oc3cc(Cl)cnc3c12. The molecule has 1 unspecified atom stereocenters. The van der Waals surface area contributed by atoms with Crippen molar-refractivity contribution in [3.05, 3.63) is 125 Å². The van der Waals surface area contributed by atoms with E-state index in [-0.39, 0.29) is 0 Å². The number of aromatic nitrogens is 1. The van der Waals surface area contributed by atoms with Crippen molar-refractivity contribution in [2.24, 2.45) is 15.7 Å². The summed E-state index contributed by atoms with van der Waals surface area (Å²) in [4.78, 5) is 14.2. The number of nitrogens with two attached hydrogens (primary N) is 1. The predicted octanol–water partition coefficient (Wildman–Crippen LogP) is 8.06. The van der Waals surface area contributed by atoms with Crippen LogP contribution in [0, 0.1) is 0 Å². The third-order valence-corrected chi connectivity index (χ3v) is 6.91. The number of rotatable bonds is 5. The molecule has 4 aromatic carbocycles. The average molecular weight is 529 g/mol. The van der Waals surface area contributed by atoms with E-state index in [1.807, 2.05) is 91.1 Å². The molecule has 39 heavy (non-hydrogen) atoms. The first-order valence-electron chi connectivity index (χ1n) is 12.4. The number of aliphatic imine (C=N–C) groups is 2. The van der Waals surface area contributed by atoms with Gasteiger partial charge in [-0.05, 0) is 23.8 Å². The van der Waals surface area contributed by atoms with Gasteiger partial charge in [0, 0.05) is 40.4 Å². The van der Waals surface area contributed by atoms with E-state index in [9.17, 15) is 0 Å². The third-order valence-electron chi connectivity index (χ3n) is 6.70. The van der Waals surface area contributed by atoms with Crippen molar-refractivity contribution in [2.75, 3.05) is 0 Å². The van der Waals surface area contributed by atoms with Gasteiger partial charge in [0.05, 0.1) is 10.4 Å². The highest BCUT2D eigenvalue weighted by Crippen LogP contribution is 2.34. The summed E-state index contributed by atoms with van der Waals surface area (Å²) in [5.41, 5.74) is 12.7. The summed E-state index contributed by atoms with van der Waals surface area (Å²) < 4.78 is 12.1. The molecule has 7 heteroatoms. The molecule has 0 saturated heterocycles. The second kappa shape index (κ2) is 9.42. The van der Waals surface area contributed by atoms with Gasteiger partial charge in [0.1, 0.15) is 28.1 Å². The van der Waals surface area contributed by atoms with E-state index in [1.54, 1.807) is 12.3 Å². The molecule has 7 rings (SSSR count). The summed E-state index contributed by atoms with van der Waals surface area (Å²) in [5.74, 6) is 0.319. The highest BCUT2D eigenvalue weighted by molar-refractivity contribution is 6.31. The van der Waals surface area contributed by atoms with E-state index in [4.69, 9.17) is 36.2 Å². The number of furan rings is 2. The van der Waals surface area contributed by atoms with Crippen LogP contribution < -0.4 is 5.73 Å². The first-order valence-corrected chi connectivity index (χ1v) is 12.8. The van der Waals surface area contributed by atoms with Gasteiger partial charge in [-0.25, -0.2) is 4.99 Å². The maximum atomic E-state index is 6.68. The monoisotopic (exact) mass is 528 g/mol. The fourth-order valence-corrected chi connectivity index (χ4v) is 5.02. The Morgan fingerprint density at radius 2 is 1.56 bits per heavy atom. The van der Waals surface area contributed by atoms with Crippen LogP contribution in [0.5, 0.6) is 0 Å². The summed E-state index contributed by atoms with van der Waals surface area (Å²) in [5, 5.41) is 3.39. The topological polar surface area (TPSA) is 89.9 Å². The van der Waals surface area contributed by atoms with E-state index in [2.05, 4.69) is 11.1 Å². The normalized spacial score (nSPS) is 13.3. The number of pyridine rings is 1. The zero-order valence-corrected chi connectivity index (χ0v) is 21.3. The molecule has 0 aliphatic heterocycles. The first-order chi connectivity index (χ1) is 19.1. The van der Waals surface area contributed by atoms with E-state index < -0.39 is 6.17 Å². The lowest BCUT2D eigenvalue weighted by atomic mass is 10.1. The number of benzene rings is 4. The Labute approximate surface area is 228 Å². The van der Waals surface area contributed by atoms with Crippen LogP contribution >= 0.6 is 11.6 Å². The van der Waals surface area contributed by atoms with Gasteiger partial charge in [-0.2, -0.15) is 0 Å². The molecule has 3 heterocycles. The molecule has 0 fully saturated rings. The van der Waals surface area contributed by atoms with E-state index in [0.29, 0.717) is 33.1 Å². The number of fused-ring (bicyclic) bond motifs is 6. The Morgan fingerprint density at radius 3 is 2.46 bits per heavy atom. The molecule has 3 aromatic heterocycles. The van der Waals surface area contributed by atoms with Gasteiger partial charge in [-0.1, -0.05) is 84.4 Å². The number of amidine groups is 1. The number of halogens is 1. The minimum absolute atomic E-state index is 0.319. The Balaban J connectivity index is 1.37. The van der Waals surface area contributed by atoms with Crippen LogP contribution in [0.3, 0.4) is 0 Å². The molecule has 1 atom stereocenters. The molecular weight excluding hydrogens is 508 g/mol. The Kier molecular flexibility index (Phi) is 5.60. The molecule has 0 saturated carbocycles. The molecule has 188 valence electrons. The van der Waals surface area contributed by atoms with Gasteiger partial charge in [-0.3, -0.25) is 9.98 Å². The molecule has 0 amide bonds. The second-order valence-electron chi connectivity index (χ2n) is 9.21. The van der Waals surface area contributed by atoms with Crippen molar-refractivity contribution in [3.8, 4) is 0 Å². The van der Waals surface area contributed by atoms with E-state index in [1.165, 1.54) is 0 Å². The standard InChI is InChI=1S/C32H21ClN4O2/c33-21-16-28-30(35-18-21)29-24(10-6-12-26(29)39-28)31(34)37-32(36-17-19-7-2-1-3-8-19)20-13-14-23-22-9-4-5-11-25(22)38-27(23)15-20/h1-18,32H,(H2,34,37). The quantitative estimate of drug-likeness (QED) is 0.181. The average Bonchev–Trinajstić information content (AvgIpc) is 3.52. The van der Waals surface area contributed by atoms with Gasteiger partial charge in [0.25, 0.3) is 0 Å². The van der Waals surface area contributed by atoms with Crippen LogP contribution in [0.1, 0.15) is 22.9 Å². The summed E-state index contributed by atoms with van der Waals surface area (Å²) in [7, 11) is 0. The molecule has 6 nitrogen and oxygen atoms in total. The summed E-state index contributed by atoms with van der Waals surface area (Å²) >= 11 is 6.14. The van der Waals surface area contributed by atoms with E-state index >= 15 is 0 Å². The van der Waals surface area contributed by atoms with Gasteiger partial charge < -0.3 is 14.6 Å². The second-order valence-corrected chi connectivity index (χ2v) is 9.65. The smallest absolute Gasteiger partial charge is 0.167 e. The van der Waals surface area contributed by atoms with Crippen molar-refractivity contribution in [2.45, 2.75) is 6.17 Å². The van der Waals surface area contributed by atoms with Crippen molar-refractivity contribution in [3.63, 3.8) is 0 Å². The Hall–Kier alpha value is -4.94. The zero-order valence-electron chi connectivity index (χ0n) is 20.6. The first kappa shape index (κ1) is 23.2. The summed E-state index contributed by atoms with van der Waals surface area (Å²) in [6, 6.07) is 31.3. The van der Waals surface area contributed by atoms with Crippen molar-refractivity contribution >= 4 is 67.7 Å². The largest absolute Gasteiger partial charge is 0.456 e. The molecular formula is C32H21ClN4O2. The fourth-order valence-electron chi connectivity index (χ4n) is 4.87. The number of hydrogen-bond donors (Lipinski definition) is 1. The molecule has 0 spiro atoms. The maximum absolute atomic E-state index is 6.68. The molecule has 7 aromatic rings. The minimum atomic E-state index is -0.612. The summed E-state index contributed by atoms with van der Waals surface area (Å²) in [6.45, 7) is 0. The van der Waals surface area contributed by atoms with Crippen molar-refractivity contribution in [1.82, 2.24) is 4.98 Å². The highest BCUT2D eigenvalue weighted by Gasteiger charge is 2.18. The Bertz CT molecular complexity index is 2060. The molecule has 0 bridgehead atoms. The Morgan fingerprint density at radius 1 is 0.795 bits per heavy atom. The lowest BCUT2D eigenvalue weighted by molar-refractivity contribution is 0.666. The lowest BCUT2D eigenvalue weighted by Gasteiger charge is -2.11. The maximum Gasteiger partial charge on any atom is 0.167 e. The zero-order chi connectivity index (χ0) is 26.3. The van der Waals surface area contributed by atoms with Crippen LogP contribution in [0.15, 0.2) is 122 Å². The lowest BCUT2D eigenvalue weighted by Crippen LogP contribution is -2.15. The van der Waals surface area contributed by atoms with Crippen LogP contribution in [-0.2, 0) is 0 Å². The van der Waals surface area contributed by atoms with Crippen molar-refractivity contribution in [1.29, 1.82) is 0 Å².